The molecule has 0 aromatic rings. The van der Waals surface area contributed by atoms with Crippen molar-refractivity contribution in [1.82, 2.24) is 10.9 Å². The molecule has 2 atom stereocenters. The zero-order valence-corrected chi connectivity index (χ0v) is 7.93. The Balaban J connectivity index is 1.69. The zero-order chi connectivity index (χ0) is 11.0. The van der Waals surface area contributed by atoms with Crippen molar-refractivity contribution in [1.29, 1.82) is 0 Å². The lowest BCUT2D eigenvalue weighted by atomic mass is 10.4. The molecule has 2 aliphatic rings. The van der Waals surface area contributed by atoms with Crippen LogP contribution in [-0.2, 0) is 9.59 Å². The average molecular weight is 213 g/mol. The highest BCUT2D eigenvalue weighted by atomic mass is 16.6. The molecule has 0 bridgehead atoms. The van der Waals surface area contributed by atoms with Crippen LogP contribution in [0.4, 0.5) is 0 Å². The number of rotatable bonds is 3. The van der Waals surface area contributed by atoms with Gasteiger partial charge in [-0.15, -0.1) is 0 Å². The third kappa shape index (κ3) is 2.23. The second-order valence-corrected chi connectivity index (χ2v) is 3.95. The van der Waals surface area contributed by atoms with E-state index in [1.54, 1.807) is 0 Å². The summed E-state index contributed by atoms with van der Waals surface area (Å²) in [5.41, 5.74) is 4.47. The normalized spacial score (nSPS) is 28.0. The minimum atomic E-state index is -0.775. The van der Waals surface area contributed by atoms with Crippen molar-refractivity contribution in [3.8, 4) is 0 Å². The van der Waals surface area contributed by atoms with Crippen molar-refractivity contribution in [2.24, 2.45) is 11.8 Å². The fraction of sp³-hybridized carbons (Fsp3) is 0.750. The van der Waals surface area contributed by atoms with Crippen LogP contribution in [-0.4, -0.2) is 22.8 Å². The number of hydrogen-bond acceptors (Lipinski definition) is 4. The smallest absolute Gasteiger partial charge is 0.248 e. The molecule has 0 radical (unpaired) electrons. The van der Waals surface area contributed by atoms with Crippen LogP contribution in [0.15, 0.2) is 0 Å². The molecule has 0 spiro atoms. The van der Waals surface area contributed by atoms with Crippen molar-refractivity contribution in [2.75, 3.05) is 0 Å². The van der Waals surface area contributed by atoms with Crippen LogP contribution < -0.4 is 10.9 Å². The van der Waals surface area contributed by atoms with Crippen LogP contribution in [0.25, 0.3) is 0 Å². The Morgan fingerprint density at radius 1 is 1.20 bits per heavy atom. The molecule has 2 aliphatic carbocycles. The maximum absolute atomic E-state index is 11.2. The predicted molar refractivity (Wildman–Crippen MR) is 47.9 cm³/mol. The van der Waals surface area contributed by atoms with E-state index in [0.29, 0.717) is 0 Å². The molecule has 7 heteroatoms. The molecule has 15 heavy (non-hydrogen) atoms. The molecule has 0 aromatic carbocycles. The largest absolute Gasteiger partial charge is 0.273 e. The summed E-state index contributed by atoms with van der Waals surface area (Å²) in [7, 11) is 0. The van der Waals surface area contributed by atoms with Crippen molar-refractivity contribution >= 4 is 11.8 Å². The molecule has 2 amide bonds. The van der Waals surface area contributed by atoms with E-state index < -0.39 is 22.8 Å². The van der Waals surface area contributed by atoms with Gasteiger partial charge in [-0.1, -0.05) is 0 Å². The average Bonchev–Trinajstić information content (AvgIpc) is 3.05. The molecule has 7 nitrogen and oxygen atoms in total. The zero-order valence-electron chi connectivity index (χ0n) is 7.93. The monoisotopic (exact) mass is 213 g/mol. The summed E-state index contributed by atoms with van der Waals surface area (Å²) in [4.78, 5) is 32.2. The molecule has 2 fully saturated rings. The summed E-state index contributed by atoms with van der Waals surface area (Å²) in [6, 6.07) is -0.775. The van der Waals surface area contributed by atoms with Gasteiger partial charge in [0.05, 0.1) is 0 Å². The fourth-order valence-electron chi connectivity index (χ4n) is 1.36. The highest BCUT2D eigenvalue weighted by Gasteiger charge is 2.53. The van der Waals surface area contributed by atoms with E-state index in [2.05, 4.69) is 10.9 Å². The van der Waals surface area contributed by atoms with Crippen LogP contribution in [0.3, 0.4) is 0 Å². The molecule has 2 N–H and O–H groups in total. The standard InChI is InChI=1S/C8H11N3O4/c12-7(4-1-2-4)9-10-8(13)5-3-6(5)11(14)15/h4-6H,1-3H2,(H,9,12)(H,10,13). The summed E-state index contributed by atoms with van der Waals surface area (Å²) in [6.45, 7) is 0. The van der Waals surface area contributed by atoms with E-state index in [0.717, 1.165) is 12.8 Å². The Morgan fingerprint density at radius 2 is 1.80 bits per heavy atom. The summed E-state index contributed by atoms with van der Waals surface area (Å²) in [5.74, 6) is -1.25. The second-order valence-electron chi connectivity index (χ2n) is 3.95. The molecule has 2 unspecified atom stereocenters. The Labute approximate surface area is 85.3 Å². The summed E-state index contributed by atoms with van der Waals surface area (Å²) in [6.07, 6.45) is 1.96. The van der Waals surface area contributed by atoms with Gasteiger partial charge in [0.25, 0.3) is 0 Å². The Bertz CT molecular complexity index is 326. The Morgan fingerprint density at radius 3 is 2.27 bits per heavy atom. The van der Waals surface area contributed by atoms with Gasteiger partial charge in [-0.05, 0) is 12.8 Å². The molecule has 0 aromatic heterocycles. The number of amides is 2. The number of carbonyl (C=O) groups excluding carboxylic acids is 2. The molecule has 82 valence electrons. The maximum atomic E-state index is 11.2. The first-order chi connectivity index (χ1) is 7.09. The van der Waals surface area contributed by atoms with Crippen LogP contribution >= 0.6 is 0 Å². The van der Waals surface area contributed by atoms with Crippen molar-refractivity contribution < 1.29 is 14.5 Å². The van der Waals surface area contributed by atoms with E-state index in [-0.39, 0.29) is 18.2 Å². The molecule has 0 aliphatic heterocycles. The molecule has 2 rings (SSSR count). The third-order valence-electron chi connectivity index (χ3n) is 2.62. The third-order valence-corrected chi connectivity index (χ3v) is 2.62. The first-order valence-electron chi connectivity index (χ1n) is 4.83. The van der Waals surface area contributed by atoms with E-state index in [1.807, 2.05) is 0 Å². The van der Waals surface area contributed by atoms with E-state index in [9.17, 15) is 19.7 Å². The van der Waals surface area contributed by atoms with Crippen molar-refractivity contribution in [2.45, 2.75) is 25.3 Å². The lowest BCUT2D eigenvalue weighted by molar-refractivity contribution is -0.497. The fourth-order valence-corrected chi connectivity index (χ4v) is 1.36. The number of nitro groups is 1. The van der Waals surface area contributed by atoms with Crippen molar-refractivity contribution in [3.63, 3.8) is 0 Å². The van der Waals surface area contributed by atoms with E-state index in [4.69, 9.17) is 0 Å². The predicted octanol–water partition coefficient (Wildman–Crippen LogP) is -0.791. The van der Waals surface area contributed by atoms with Gasteiger partial charge in [0.1, 0.15) is 5.92 Å². The van der Waals surface area contributed by atoms with Crippen LogP contribution in [0.5, 0.6) is 0 Å². The lowest BCUT2D eigenvalue weighted by Gasteiger charge is -2.04. The second kappa shape index (κ2) is 3.48. The van der Waals surface area contributed by atoms with Gasteiger partial charge in [0.2, 0.25) is 17.9 Å². The maximum Gasteiger partial charge on any atom is 0.248 e. The van der Waals surface area contributed by atoms with E-state index in [1.165, 1.54) is 0 Å². The number of hydrazine groups is 1. The molecule has 0 heterocycles. The Kier molecular flexibility index (Phi) is 2.29. The van der Waals surface area contributed by atoms with Gasteiger partial charge in [-0.3, -0.25) is 30.6 Å². The van der Waals surface area contributed by atoms with Gasteiger partial charge >= 0.3 is 0 Å². The van der Waals surface area contributed by atoms with Gasteiger partial charge in [-0.25, -0.2) is 0 Å². The van der Waals surface area contributed by atoms with Crippen LogP contribution in [0.2, 0.25) is 0 Å². The Hall–Kier alpha value is -1.66. The summed E-state index contributed by atoms with van der Waals surface area (Å²) < 4.78 is 0. The molecule has 2 saturated carbocycles. The minimum absolute atomic E-state index is 0.0100. The highest BCUT2D eigenvalue weighted by Crippen LogP contribution is 2.33. The molecular weight excluding hydrogens is 202 g/mol. The van der Waals surface area contributed by atoms with Gasteiger partial charge in [0.15, 0.2) is 0 Å². The first kappa shape index (κ1) is 9.88. The minimum Gasteiger partial charge on any atom is -0.273 e. The summed E-state index contributed by atoms with van der Waals surface area (Å²) >= 11 is 0. The number of hydrogen-bond donors (Lipinski definition) is 2. The highest BCUT2D eigenvalue weighted by molar-refractivity contribution is 5.86. The van der Waals surface area contributed by atoms with Gasteiger partial charge in [0, 0.05) is 17.3 Å². The van der Waals surface area contributed by atoms with Crippen LogP contribution in [0, 0.1) is 22.0 Å². The number of carbonyl (C=O) groups is 2. The molecule has 0 saturated heterocycles. The lowest BCUT2D eigenvalue weighted by Crippen LogP contribution is -2.43. The molecular formula is C8H11N3O4. The van der Waals surface area contributed by atoms with Crippen molar-refractivity contribution in [3.05, 3.63) is 10.1 Å². The quantitative estimate of drug-likeness (QED) is 0.473. The first-order valence-corrected chi connectivity index (χ1v) is 4.83. The van der Waals surface area contributed by atoms with E-state index >= 15 is 0 Å². The van der Waals surface area contributed by atoms with Gasteiger partial charge < -0.3 is 0 Å². The number of nitrogens with zero attached hydrogens (tertiary/aromatic N) is 1. The summed E-state index contributed by atoms with van der Waals surface area (Å²) in [5, 5.41) is 10.3. The SMILES string of the molecule is O=C(NNC(=O)C1CC1[N+](=O)[O-])C1CC1. The topological polar surface area (TPSA) is 101 Å². The number of nitrogens with one attached hydrogen (secondary N) is 2. The van der Waals surface area contributed by atoms with Crippen LogP contribution in [0.1, 0.15) is 19.3 Å². The van der Waals surface area contributed by atoms with Gasteiger partial charge in [-0.2, -0.15) is 0 Å².